The van der Waals surface area contributed by atoms with Gasteiger partial charge < -0.3 is 10.5 Å². The van der Waals surface area contributed by atoms with Gasteiger partial charge in [0.2, 0.25) is 0 Å². The van der Waals surface area contributed by atoms with Gasteiger partial charge in [-0.05, 0) is 5.56 Å². The van der Waals surface area contributed by atoms with Gasteiger partial charge >= 0.3 is 14.1 Å². The Labute approximate surface area is 120 Å². The van der Waals surface area contributed by atoms with Crippen molar-refractivity contribution in [2.45, 2.75) is 11.9 Å². The molecule has 1 unspecified atom stereocenters. The van der Waals surface area contributed by atoms with E-state index in [1.807, 2.05) is 0 Å². The molecule has 10 heteroatoms. The molecule has 0 radical (unpaired) electrons. The van der Waals surface area contributed by atoms with E-state index >= 15 is 0 Å². The lowest BCUT2D eigenvalue weighted by molar-refractivity contribution is -0.144. The average Bonchev–Trinajstić information content (AvgIpc) is 2.37. The molecule has 0 fully saturated rings. The second-order valence-corrected chi connectivity index (χ2v) is 10.5. The van der Waals surface area contributed by atoms with Gasteiger partial charge in [0.15, 0.2) is 5.25 Å². The van der Waals surface area contributed by atoms with Crippen LogP contribution in [0.15, 0.2) is 30.3 Å². The predicted molar refractivity (Wildman–Crippen MR) is 72.8 cm³/mol. The molecule has 0 spiro atoms. The predicted octanol–water partition coefficient (Wildman–Crippen LogP) is -0.0445. The highest BCUT2D eigenvalue weighted by Crippen LogP contribution is 2.16. The van der Waals surface area contributed by atoms with Crippen LogP contribution < -0.4 is 5.73 Å². The highest BCUT2D eigenvalue weighted by molar-refractivity contribution is 8.76. The first-order valence-electron chi connectivity index (χ1n) is 5.29. The summed E-state index contributed by atoms with van der Waals surface area (Å²) in [5.74, 6) is -1.26. The number of nitrogens with two attached hydrogens (primary N) is 1. The number of rotatable bonds is 6. The minimum Gasteiger partial charge on any atom is -0.460 e. The molecule has 7 nitrogen and oxygen atoms in total. The molecule has 1 rings (SSSR count). The minimum atomic E-state index is -4.98. The van der Waals surface area contributed by atoms with Crippen molar-refractivity contribution in [2.24, 2.45) is 5.73 Å². The molecular weight excluding hydrogens is 330 g/mol. The van der Waals surface area contributed by atoms with E-state index in [1.165, 1.54) is 0 Å². The minimum absolute atomic E-state index is 0.200. The van der Waals surface area contributed by atoms with Crippen molar-refractivity contribution in [3.63, 3.8) is 0 Å². The number of carbonyl (C=O) groups excluding carboxylic acids is 1. The van der Waals surface area contributed by atoms with Crippen molar-refractivity contribution >= 4 is 33.6 Å². The van der Waals surface area contributed by atoms with E-state index in [9.17, 15) is 21.6 Å². The Hall–Kier alpha value is -1.16. The van der Waals surface area contributed by atoms with Gasteiger partial charge in [-0.1, -0.05) is 30.3 Å². The molecule has 0 heterocycles. The van der Waals surface area contributed by atoms with Gasteiger partial charge in [-0.15, -0.1) is 0 Å². The van der Waals surface area contributed by atoms with Crippen LogP contribution in [0.5, 0.6) is 0 Å². The van der Waals surface area contributed by atoms with Crippen molar-refractivity contribution in [3.05, 3.63) is 35.9 Å². The van der Waals surface area contributed by atoms with E-state index in [-0.39, 0.29) is 6.61 Å². The van der Waals surface area contributed by atoms with Crippen LogP contribution in [0.25, 0.3) is 0 Å². The fourth-order valence-corrected chi connectivity index (χ4v) is 4.20. The lowest BCUT2D eigenvalue weighted by Crippen LogP contribution is -2.40. The molecule has 0 aliphatic rings. The Morgan fingerprint density at radius 3 is 2.20 bits per heavy atom. The summed E-state index contributed by atoms with van der Waals surface area (Å²) in [5, 5.41) is -2.05. The highest BCUT2D eigenvalue weighted by atomic mass is 35.8. The monoisotopic (exact) mass is 341 g/mol. The van der Waals surface area contributed by atoms with Crippen LogP contribution >= 0.6 is 10.7 Å². The zero-order chi connectivity index (χ0) is 15.4. The van der Waals surface area contributed by atoms with Gasteiger partial charge in [0.05, 0.1) is 0 Å². The molecule has 0 aliphatic heterocycles. The highest BCUT2D eigenvalue weighted by Gasteiger charge is 2.42. The maximum Gasteiger partial charge on any atom is 0.338 e. The van der Waals surface area contributed by atoms with Crippen molar-refractivity contribution in [1.29, 1.82) is 0 Å². The van der Waals surface area contributed by atoms with Crippen molar-refractivity contribution in [3.8, 4) is 0 Å². The number of hydrogen-bond acceptors (Lipinski definition) is 7. The van der Waals surface area contributed by atoms with E-state index in [4.69, 9.17) is 21.2 Å². The summed E-state index contributed by atoms with van der Waals surface area (Å²) in [6.45, 7) is -0.948. The molecule has 2 N–H and O–H groups in total. The Bertz CT molecular complexity index is 671. The molecule has 0 aliphatic carbocycles. The molecular formula is C10H12ClNO6S2. The zero-order valence-electron chi connectivity index (χ0n) is 10.1. The number of halogens is 1. The summed E-state index contributed by atoms with van der Waals surface area (Å²) >= 11 is 0. The molecule has 1 aromatic rings. The third kappa shape index (κ3) is 3.92. The van der Waals surface area contributed by atoms with Crippen molar-refractivity contribution < 1.29 is 26.4 Å². The van der Waals surface area contributed by atoms with Gasteiger partial charge in [-0.25, -0.2) is 8.42 Å². The summed E-state index contributed by atoms with van der Waals surface area (Å²) in [6, 6.07) is 8.45. The summed E-state index contributed by atoms with van der Waals surface area (Å²) in [7, 11) is -5.15. The first-order valence-corrected chi connectivity index (χ1v) is 9.66. The average molecular weight is 342 g/mol. The topological polar surface area (TPSA) is 121 Å². The normalized spacial score (nSPS) is 13.7. The number of ether oxygens (including phenoxy) is 1. The number of carbonyl (C=O) groups is 1. The van der Waals surface area contributed by atoms with E-state index in [1.54, 1.807) is 30.3 Å². The Balaban J connectivity index is 2.84. The largest absolute Gasteiger partial charge is 0.460 e. The van der Waals surface area contributed by atoms with Crippen molar-refractivity contribution in [1.82, 2.24) is 0 Å². The first-order chi connectivity index (χ1) is 9.20. The van der Waals surface area contributed by atoms with Crippen LogP contribution in [-0.2, 0) is 33.1 Å². The zero-order valence-corrected chi connectivity index (χ0v) is 12.5. The Morgan fingerprint density at radius 2 is 1.75 bits per heavy atom. The maximum absolute atomic E-state index is 11.6. The summed E-state index contributed by atoms with van der Waals surface area (Å²) in [4.78, 5) is 11.6. The number of hydrogen-bond donors (Lipinski definition) is 1. The van der Waals surface area contributed by atoms with Gasteiger partial charge in [-0.2, -0.15) is 8.42 Å². The van der Waals surface area contributed by atoms with Crippen LogP contribution in [0.1, 0.15) is 5.56 Å². The molecule has 20 heavy (non-hydrogen) atoms. The molecule has 0 bridgehead atoms. The standard InChI is InChI=1S/C10H12ClNO6S2/c11-20(16,17)19(14,15)9(6-12)10(13)18-7-8-4-2-1-3-5-8/h1-5,9H,6-7,12H2. The van der Waals surface area contributed by atoms with Gasteiger partial charge in [0.1, 0.15) is 6.61 Å². The molecule has 112 valence electrons. The van der Waals surface area contributed by atoms with Crippen LogP contribution in [-0.4, -0.2) is 34.6 Å². The molecule has 0 amide bonds. The van der Waals surface area contributed by atoms with Crippen molar-refractivity contribution in [2.75, 3.05) is 6.54 Å². The fourth-order valence-electron chi connectivity index (χ4n) is 1.29. The van der Waals surface area contributed by atoms with Gasteiger partial charge in [-0.3, -0.25) is 4.79 Å². The smallest absolute Gasteiger partial charge is 0.338 e. The second-order valence-electron chi connectivity index (χ2n) is 3.70. The van der Waals surface area contributed by atoms with E-state index in [0.29, 0.717) is 5.56 Å². The summed E-state index contributed by atoms with van der Waals surface area (Å²) in [6.07, 6.45) is 0. The molecule has 1 atom stereocenters. The van der Waals surface area contributed by atoms with E-state index < -0.39 is 34.7 Å². The van der Waals surface area contributed by atoms with Crippen LogP contribution in [0, 0.1) is 0 Å². The lowest BCUT2D eigenvalue weighted by atomic mass is 10.2. The molecule has 0 saturated heterocycles. The van der Waals surface area contributed by atoms with Gasteiger partial charge in [0.25, 0.3) is 8.87 Å². The molecule has 1 aromatic carbocycles. The van der Waals surface area contributed by atoms with Crippen LogP contribution in [0.3, 0.4) is 0 Å². The second kappa shape index (κ2) is 6.53. The van der Waals surface area contributed by atoms with E-state index in [2.05, 4.69) is 0 Å². The number of esters is 1. The maximum atomic E-state index is 11.6. The first kappa shape index (κ1) is 16.9. The molecule has 0 aromatic heterocycles. The van der Waals surface area contributed by atoms with Gasteiger partial charge in [0, 0.05) is 17.2 Å². The van der Waals surface area contributed by atoms with Crippen LogP contribution in [0.2, 0.25) is 0 Å². The van der Waals surface area contributed by atoms with E-state index in [0.717, 1.165) is 0 Å². The Kier molecular flexibility index (Phi) is 5.51. The fraction of sp³-hybridized carbons (Fsp3) is 0.300. The molecule has 0 saturated carbocycles. The Morgan fingerprint density at radius 1 is 1.20 bits per heavy atom. The number of benzene rings is 1. The third-order valence-electron chi connectivity index (χ3n) is 2.33. The third-order valence-corrected chi connectivity index (χ3v) is 7.91. The quantitative estimate of drug-likeness (QED) is 0.437. The summed E-state index contributed by atoms with van der Waals surface area (Å²) in [5.41, 5.74) is 5.74. The summed E-state index contributed by atoms with van der Waals surface area (Å²) < 4.78 is 49.7. The lowest BCUT2D eigenvalue weighted by Gasteiger charge is -2.12. The SMILES string of the molecule is NCC(C(=O)OCc1ccccc1)S(=O)(=O)S(=O)(=O)Cl. The van der Waals surface area contributed by atoms with Crippen LogP contribution in [0.4, 0.5) is 0 Å².